The minimum absolute atomic E-state index is 0.111. The molecule has 4 bridgehead atoms. The lowest BCUT2D eigenvalue weighted by Crippen LogP contribution is -2.55. The minimum Gasteiger partial charge on any atom is -0.299 e. The molecule has 2 unspecified atom stereocenters. The summed E-state index contributed by atoms with van der Waals surface area (Å²) in [5.74, 6) is 1.01. The van der Waals surface area contributed by atoms with E-state index in [-0.39, 0.29) is 17.6 Å². The van der Waals surface area contributed by atoms with E-state index in [4.69, 9.17) is 5.26 Å². The molecule has 0 heterocycles. The molecule has 2 nitrogen and oxygen atoms in total. The molecule has 0 saturated heterocycles. The third-order valence-electron chi connectivity index (χ3n) is 5.59. The third kappa shape index (κ3) is 1.88. The van der Waals surface area contributed by atoms with Crippen LogP contribution in [0, 0.1) is 33.5 Å². The molecular formula is C16H23NO. The van der Waals surface area contributed by atoms with Crippen LogP contribution in [0.1, 0.15) is 65.2 Å². The van der Waals surface area contributed by atoms with Crippen molar-refractivity contribution in [2.75, 3.05) is 0 Å². The molecular weight excluding hydrogens is 222 g/mol. The summed E-state index contributed by atoms with van der Waals surface area (Å²) in [6.07, 6.45) is 8.57. The number of carbonyl (C=O) groups excluding carboxylic acids is 1. The summed E-state index contributed by atoms with van der Waals surface area (Å²) in [4.78, 5) is 11.9. The predicted octanol–water partition coefficient (Wildman–Crippen LogP) is 3.86. The zero-order valence-corrected chi connectivity index (χ0v) is 11.6. The van der Waals surface area contributed by atoms with Gasteiger partial charge in [-0.25, -0.2) is 0 Å². The molecule has 4 rings (SSSR count). The summed E-state index contributed by atoms with van der Waals surface area (Å²) in [6.45, 7) is 4.86. The van der Waals surface area contributed by atoms with Crippen LogP contribution in [0.4, 0.5) is 0 Å². The molecule has 0 aromatic heterocycles. The highest BCUT2D eigenvalue weighted by atomic mass is 16.1. The third-order valence-corrected chi connectivity index (χ3v) is 5.59. The van der Waals surface area contributed by atoms with Gasteiger partial charge >= 0.3 is 0 Å². The number of carbonyl (C=O) groups is 1. The molecule has 0 spiro atoms. The maximum Gasteiger partial charge on any atom is 0.147 e. The maximum absolute atomic E-state index is 11.9. The lowest BCUT2D eigenvalue weighted by molar-refractivity contribution is -0.154. The van der Waals surface area contributed by atoms with Gasteiger partial charge in [0.15, 0.2) is 0 Å². The van der Waals surface area contributed by atoms with Crippen molar-refractivity contribution in [3.05, 3.63) is 0 Å². The van der Waals surface area contributed by atoms with Crippen molar-refractivity contribution >= 4 is 5.78 Å². The molecule has 2 heteroatoms. The average molecular weight is 245 g/mol. The van der Waals surface area contributed by atoms with Crippen LogP contribution in [-0.4, -0.2) is 5.78 Å². The predicted molar refractivity (Wildman–Crippen MR) is 69.7 cm³/mol. The molecule has 0 N–H and O–H groups in total. The van der Waals surface area contributed by atoms with Gasteiger partial charge in [-0.05, 0) is 60.7 Å². The second kappa shape index (κ2) is 3.59. The number of hydrogen-bond acceptors (Lipinski definition) is 2. The summed E-state index contributed by atoms with van der Waals surface area (Å²) in [6, 6.07) is 2.02. The van der Waals surface area contributed by atoms with Crippen LogP contribution in [0.15, 0.2) is 0 Å². The Bertz CT molecular complexity index is 415. The Kier molecular flexibility index (Phi) is 2.44. The summed E-state index contributed by atoms with van der Waals surface area (Å²) in [7, 11) is 0. The van der Waals surface area contributed by atoms with Gasteiger partial charge in [0.05, 0.1) is 12.5 Å². The van der Waals surface area contributed by atoms with E-state index >= 15 is 0 Å². The van der Waals surface area contributed by atoms with Crippen LogP contribution in [0.5, 0.6) is 0 Å². The molecule has 4 fully saturated rings. The van der Waals surface area contributed by atoms with Gasteiger partial charge in [-0.2, -0.15) is 5.26 Å². The summed E-state index contributed by atoms with van der Waals surface area (Å²) < 4.78 is 0. The monoisotopic (exact) mass is 245 g/mol. The number of hydrogen-bond donors (Lipinski definition) is 0. The Balaban J connectivity index is 1.85. The van der Waals surface area contributed by atoms with E-state index in [1.807, 2.05) is 6.07 Å². The Morgan fingerprint density at radius 2 is 1.78 bits per heavy atom. The van der Waals surface area contributed by atoms with Gasteiger partial charge in [0.2, 0.25) is 0 Å². The molecule has 0 aromatic carbocycles. The standard InChI is InChI=1S/C16H23NO/c1-14-5-12-6-15(2,9-14)11-16(7-12,10-14)8-13(18)3-4-17/h12H,3,5-11H2,1-2H3. The van der Waals surface area contributed by atoms with Crippen molar-refractivity contribution in [1.29, 1.82) is 5.26 Å². The highest BCUT2D eigenvalue weighted by Crippen LogP contribution is 2.70. The lowest BCUT2D eigenvalue weighted by Gasteiger charge is -2.65. The number of ketones is 1. The largest absolute Gasteiger partial charge is 0.299 e. The Morgan fingerprint density at radius 3 is 2.28 bits per heavy atom. The molecule has 0 aromatic rings. The summed E-state index contributed by atoms with van der Waals surface area (Å²) in [5, 5.41) is 8.68. The average Bonchev–Trinajstić information content (AvgIpc) is 2.09. The number of nitrogens with zero attached hydrogens (tertiary/aromatic N) is 1. The normalized spacial score (nSPS) is 49.1. The highest BCUT2D eigenvalue weighted by molar-refractivity contribution is 5.81. The van der Waals surface area contributed by atoms with Crippen LogP contribution in [0.2, 0.25) is 0 Å². The van der Waals surface area contributed by atoms with Crippen LogP contribution in [-0.2, 0) is 4.79 Å². The van der Waals surface area contributed by atoms with E-state index in [0.29, 0.717) is 17.3 Å². The molecule has 98 valence electrons. The van der Waals surface area contributed by atoms with Crippen LogP contribution < -0.4 is 0 Å². The Labute approximate surface area is 110 Å². The fraction of sp³-hybridized carbons (Fsp3) is 0.875. The maximum atomic E-state index is 11.9. The van der Waals surface area contributed by atoms with Crippen molar-refractivity contribution in [2.45, 2.75) is 65.2 Å². The van der Waals surface area contributed by atoms with Crippen molar-refractivity contribution in [3.63, 3.8) is 0 Å². The molecule has 4 saturated carbocycles. The van der Waals surface area contributed by atoms with E-state index < -0.39 is 0 Å². The molecule has 2 atom stereocenters. The van der Waals surface area contributed by atoms with Crippen molar-refractivity contribution in [2.24, 2.45) is 22.2 Å². The molecule has 0 radical (unpaired) electrons. The minimum atomic E-state index is 0.111. The fourth-order valence-corrected chi connectivity index (χ4v) is 6.45. The van der Waals surface area contributed by atoms with E-state index in [9.17, 15) is 4.79 Å². The van der Waals surface area contributed by atoms with Gasteiger partial charge in [0, 0.05) is 6.42 Å². The molecule has 0 amide bonds. The fourth-order valence-electron chi connectivity index (χ4n) is 6.45. The number of nitriles is 1. The van der Waals surface area contributed by atoms with E-state index in [2.05, 4.69) is 13.8 Å². The first kappa shape index (κ1) is 12.2. The smallest absolute Gasteiger partial charge is 0.147 e. The van der Waals surface area contributed by atoms with Gasteiger partial charge in [-0.3, -0.25) is 4.79 Å². The van der Waals surface area contributed by atoms with Crippen molar-refractivity contribution in [3.8, 4) is 6.07 Å². The van der Waals surface area contributed by atoms with Crippen LogP contribution in [0.25, 0.3) is 0 Å². The van der Waals surface area contributed by atoms with Crippen LogP contribution >= 0.6 is 0 Å². The van der Waals surface area contributed by atoms with Gasteiger partial charge in [0.1, 0.15) is 5.78 Å². The molecule has 4 aliphatic rings. The topological polar surface area (TPSA) is 40.9 Å². The van der Waals surface area contributed by atoms with E-state index in [0.717, 1.165) is 5.92 Å². The molecule has 4 aliphatic carbocycles. The van der Waals surface area contributed by atoms with Gasteiger partial charge < -0.3 is 0 Å². The van der Waals surface area contributed by atoms with Gasteiger partial charge in [0.25, 0.3) is 0 Å². The second-order valence-electron chi connectivity index (χ2n) is 8.18. The first-order valence-electron chi connectivity index (χ1n) is 7.25. The quantitative estimate of drug-likeness (QED) is 0.757. The molecule has 18 heavy (non-hydrogen) atoms. The first-order valence-corrected chi connectivity index (χ1v) is 7.25. The molecule has 0 aliphatic heterocycles. The van der Waals surface area contributed by atoms with Gasteiger partial charge in [-0.1, -0.05) is 13.8 Å². The zero-order chi connectivity index (χ0) is 13.0. The van der Waals surface area contributed by atoms with Crippen molar-refractivity contribution in [1.82, 2.24) is 0 Å². The lowest BCUT2D eigenvalue weighted by atomic mass is 9.39. The van der Waals surface area contributed by atoms with Crippen LogP contribution in [0.3, 0.4) is 0 Å². The number of rotatable bonds is 3. The summed E-state index contributed by atoms with van der Waals surface area (Å²) in [5.41, 5.74) is 1.19. The van der Waals surface area contributed by atoms with Gasteiger partial charge in [-0.15, -0.1) is 0 Å². The first-order chi connectivity index (χ1) is 8.36. The van der Waals surface area contributed by atoms with E-state index in [1.54, 1.807) is 0 Å². The second-order valence-corrected chi connectivity index (χ2v) is 8.18. The number of Topliss-reactive ketones (excluding diaryl/α,β-unsaturated/α-hetero) is 1. The zero-order valence-electron chi connectivity index (χ0n) is 11.6. The van der Waals surface area contributed by atoms with E-state index in [1.165, 1.54) is 38.5 Å². The highest BCUT2D eigenvalue weighted by Gasteiger charge is 2.60. The SMILES string of the molecule is CC12CC3CC(C)(C1)CC(CC(=O)CC#N)(C3)C2. The Hall–Kier alpha value is -0.840. The summed E-state index contributed by atoms with van der Waals surface area (Å²) >= 11 is 0. The van der Waals surface area contributed by atoms with Crippen molar-refractivity contribution < 1.29 is 4.79 Å². The Morgan fingerprint density at radius 1 is 1.17 bits per heavy atom.